The quantitative estimate of drug-likeness (QED) is 0.674. The molecule has 1 aliphatic heterocycles. The Hall–Kier alpha value is -3.11. The van der Waals surface area contributed by atoms with Gasteiger partial charge in [-0.05, 0) is 37.1 Å². The van der Waals surface area contributed by atoms with Crippen LogP contribution < -0.4 is 20.1 Å². The third-order valence-corrected chi connectivity index (χ3v) is 6.82. The fourth-order valence-electron chi connectivity index (χ4n) is 3.19. The molecule has 1 atom stereocenters. The Morgan fingerprint density at radius 1 is 1.29 bits per heavy atom. The van der Waals surface area contributed by atoms with Gasteiger partial charge in [-0.25, -0.2) is 8.42 Å². The van der Waals surface area contributed by atoms with Gasteiger partial charge in [-0.15, -0.1) is 0 Å². The molecule has 9 nitrogen and oxygen atoms in total. The van der Waals surface area contributed by atoms with Gasteiger partial charge in [-0.2, -0.15) is 4.31 Å². The molecule has 0 saturated heterocycles. The minimum absolute atomic E-state index is 0.00827. The summed E-state index contributed by atoms with van der Waals surface area (Å²) in [6.07, 6.45) is -0.233. The van der Waals surface area contributed by atoms with Crippen LogP contribution in [0.15, 0.2) is 41.3 Å². The lowest BCUT2D eigenvalue weighted by Gasteiger charge is -2.27. The van der Waals surface area contributed by atoms with Crippen LogP contribution in [0.1, 0.15) is 18.9 Å². The highest BCUT2D eigenvalue weighted by atomic mass is 32.2. The molecule has 2 aromatic carbocycles. The number of fused-ring (bicyclic) bond motifs is 1. The van der Waals surface area contributed by atoms with Crippen molar-refractivity contribution in [2.24, 2.45) is 0 Å². The SMILES string of the molecule is CCC1Oc2cc(S(=O)(=O)N(C)CC(=O)Nc3cccc(OC)c3)c(C)cc2NC1=O. The second-order valence-corrected chi connectivity index (χ2v) is 9.17. The summed E-state index contributed by atoms with van der Waals surface area (Å²) in [5.74, 6) is 0.0895. The molecule has 0 bridgehead atoms. The van der Waals surface area contributed by atoms with Crippen molar-refractivity contribution in [1.82, 2.24) is 4.31 Å². The summed E-state index contributed by atoms with van der Waals surface area (Å²) in [4.78, 5) is 24.4. The molecule has 2 amide bonds. The van der Waals surface area contributed by atoms with Crippen LogP contribution in [0.2, 0.25) is 0 Å². The van der Waals surface area contributed by atoms with Gasteiger partial charge in [0.1, 0.15) is 11.5 Å². The van der Waals surface area contributed by atoms with Gasteiger partial charge in [0.05, 0.1) is 24.2 Å². The molecule has 1 unspecified atom stereocenters. The number of carbonyl (C=O) groups excluding carboxylic acids is 2. The smallest absolute Gasteiger partial charge is 0.265 e. The fraction of sp³-hybridized carbons (Fsp3) is 0.333. The zero-order chi connectivity index (χ0) is 22.8. The van der Waals surface area contributed by atoms with E-state index in [2.05, 4.69) is 10.6 Å². The number of amides is 2. The van der Waals surface area contributed by atoms with Gasteiger partial charge in [0.25, 0.3) is 5.91 Å². The molecule has 31 heavy (non-hydrogen) atoms. The third-order valence-electron chi connectivity index (χ3n) is 4.88. The van der Waals surface area contributed by atoms with E-state index in [0.717, 1.165) is 4.31 Å². The number of sulfonamides is 1. The first-order chi connectivity index (χ1) is 14.6. The number of carbonyl (C=O) groups is 2. The number of ether oxygens (including phenoxy) is 2. The number of hydrogen-bond donors (Lipinski definition) is 2. The molecular formula is C21H25N3O6S. The largest absolute Gasteiger partial charge is 0.497 e. The maximum absolute atomic E-state index is 13.1. The average molecular weight is 448 g/mol. The van der Waals surface area contributed by atoms with Crippen molar-refractivity contribution in [3.8, 4) is 11.5 Å². The summed E-state index contributed by atoms with van der Waals surface area (Å²) in [5.41, 5.74) is 1.34. The molecule has 10 heteroatoms. The Morgan fingerprint density at radius 3 is 2.71 bits per heavy atom. The van der Waals surface area contributed by atoms with Gasteiger partial charge >= 0.3 is 0 Å². The Bertz CT molecular complexity index is 1120. The maximum Gasteiger partial charge on any atom is 0.265 e. The number of hydrogen-bond acceptors (Lipinski definition) is 6. The number of anilines is 2. The highest BCUT2D eigenvalue weighted by Crippen LogP contribution is 2.35. The summed E-state index contributed by atoms with van der Waals surface area (Å²) < 4.78 is 38.0. The Kier molecular flexibility index (Phi) is 6.51. The predicted molar refractivity (Wildman–Crippen MR) is 116 cm³/mol. The van der Waals surface area contributed by atoms with Crippen LogP contribution in [0.25, 0.3) is 0 Å². The zero-order valence-corrected chi connectivity index (χ0v) is 18.6. The van der Waals surface area contributed by atoms with E-state index in [4.69, 9.17) is 9.47 Å². The van der Waals surface area contributed by atoms with Gasteiger partial charge in [0.2, 0.25) is 15.9 Å². The van der Waals surface area contributed by atoms with Gasteiger partial charge in [-0.1, -0.05) is 13.0 Å². The molecule has 0 radical (unpaired) electrons. The number of nitrogens with zero attached hydrogens (tertiary/aromatic N) is 1. The van der Waals surface area contributed by atoms with E-state index >= 15 is 0 Å². The summed E-state index contributed by atoms with van der Waals surface area (Å²) in [6.45, 7) is 3.04. The van der Waals surface area contributed by atoms with E-state index in [0.29, 0.717) is 29.1 Å². The van der Waals surface area contributed by atoms with E-state index in [-0.39, 0.29) is 23.1 Å². The third kappa shape index (κ3) is 4.80. The molecule has 0 aliphatic carbocycles. The van der Waals surface area contributed by atoms with Crippen molar-refractivity contribution in [1.29, 1.82) is 0 Å². The first-order valence-corrected chi connectivity index (χ1v) is 11.1. The minimum Gasteiger partial charge on any atom is -0.497 e. The normalized spacial score (nSPS) is 15.6. The summed E-state index contributed by atoms with van der Waals surface area (Å²) in [5, 5.41) is 5.39. The first kappa shape index (κ1) is 22.6. The predicted octanol–water partition coefficient (Wildman–Crippen LogP) is 2.37. The van der Waals surface area contributed by atoms with Crippen molar-refractivity contribution in [2.45, 2.75) is 31.3 Å². The molecule has 1 heterocycles. The number of methoxy groups -OCH3 is 1. The van der Waals surface area contributed by atoms with Crippen molar-refractivity contribution in [3.63, 3.8) is 0 Å². The highest BCUT2D eigenvalue weighted by Gasteiger charge is 2.31. The van der Waals surface area contributed by atoms with Crippen molar-refractivity contribution < 1.29 is 27.5 Å². The summed E-state index contributed by atoms with van der Waals surface area (Å²) >= 11 is 0. The van der Waals surface area contributed by atoms with E-state index < -0.39 is 22.0 Å². The molecule has 0 spiro atoms. The van der Waals surface area contributed by atoms with Crippen molar-refractivity contribution in [2.75, 3.05) is 31.3 Å². The van der Waals surface area contributed by atoms with Crippen LogP contribution in [0, 0.1) is 6.92 Å². The zero-order valence-electron chi connectivity index (χ0n) is 17.8. The lowest BCUT2D eigenvalue weighted by molar-refractivity contribution is -0.123. The molecule has 0 saturated carbocycles. The topological polar surface area (TPSA) is 114 Å². The Labute approximate surface area is 181 Å². The van der Waals surface area contributed by atoms with Crippen LogP contribution in [0.4, 0.5) is 11.4 Å². The lowest BCUT2D eigenvalue weighted by Crippen LogP contribution is -2.37. The average Bonchev–Trinajstić information content (AvgIpc) is 2.72. The summed E-state index contributed by atoms with van der Waals surface area (Å²) in [6, 6.07) is 9.70. The van der Waals surface area contributed by atoms with Gasteiger partial charge < -0.3 is 20.1 Å². The molecule has 166 valence electrons. The Morgan fingerprint density at radius 2 is 2.03 bits per heavy atom. The molecule has 0 fully saturated rings. The van der Waals surface area contributed by atoms with Crippen LogP contribution >= 0.6 is 0 Å². The standard InChI is InChI=1S/C21H25N3O6S/c1-5-17-21(26)23-16-9-13(2)19(11-18(16)30-17)31(27,28)24(3)12-20(25)22-14-7-6-8-15(10-14)29-4/h6-11,17H,5,12H2,1-4H3,(H,22,25)(H,23,26). The van der Waals surface area contributed by atoms with E-state index in [1.807, 2.05) is 0 Å². The van der Waals surface area contributed by atoms with Crippen LogP contribution in [-0.4, -0.2) is 51.3 Å². The lowest BCUT2D eigenvalue weighted by atomic mass is 10.1. The van der Waals surface area contributed by atoms with Crippen molar-refractivity contribution in [3.05, 3.63) is 42.0 Å². The molecule has 3 rings (SSSR count). The Balaban J connectivity index is 1.79. The minimum atomic E-state index is -3.99. The van der Waals surface area contributed by atoms with E-state index in [1.54, 1.807) is 44.2 Å². The second kappa shape index (κ2) is 8.94. The monoisotopic (exact) mass is 447 g/mol. The second-order valence-electron chi connectivity index (χ2n) is 7.16. The van der Waals surface area contributed by atoms with Crippen LogP contribution in [-0.2, 0) is 19.6 Å². The molecule has 1 aliphatic rings. The van der Waals surface area contributed by atoms with Crippen LogP contribution in [0.5, 0.6) is 11.5 Å². The van der Waals surface area contributed by atoms with Gasteiger partial charge in [0, 0.05) is 24.9 Å². The number of likely N-dealkylation sites (N-methyl/N-ethyl adjacent to an activating group) is 1. The van der Waals surface area contributed by atoms with Crippen molar-refractivity contribution >= 4 is 33.2 Å². The maximum atomic E-state index is 13.1. The van der Waals surface area contributed by atoms with Gasteiger partial charge in [0.15, 0.2) is 6.10 Å². The molecular weight excluding hydrogens is 422 g/mol. The number of rotatable bonds is 7. The molecule has 2 N–H and O–H groups in total. The van der Waals surface area contributed by atoms with E-state index in [9.17, 15) is 18.0 Å². The highest BCUT2D eigenvalue weighted by molar-refractivity contribution is 7.89. The first-order valence-electron chi connectivity index (χ1n) is 9.68. The summed E-state index contributed by atoms with van der Waals surface area (Å²) in [7, 11) is -1.14. The molecule has 2 aromatic rings. The number of benzene rings is 2. The number of aryl methyl sites for hydroxylation is 1. The van der Waals surface area contributed by atoms with Gasteiger partial charge in [-0.3, -0.25) is 9.59 Å². The molecule has 0 aromatic heterocycles. The van der Waals surface area contributed by atoms with Crippen LogP contribution in [0.3, 0.4) is 0 Å². The fourth-order valence-corrected chi connectivity index (χ4v) is 4.53. The van der Waals surface area contributed by atoms with E-state index in [1.165, 1.54) is 20.2 Å². The number of nitrogens with one attached hydrogen (secondary N) is 2.